The molecule has 5 nitrogen and oxygen atoms in total. The summed E-state index contributed by atoms with van der Waals surface area (Å²) in [6, 6.07) is 12.5. The number of rotatable bonds is 7. The Hall–Kier alpha value is -2.14. The molecule has 30 heavy (non-hydrogen) atoms. The summed E-state index contributed by atoms with van der Waals surface area (Å²) in [5.74, 6) is -0.131. The van der Waals surface area contributed by atoms with Crippen molar-refractivity contribution in [2.24, 2.45) is 0 Å². The van der Waals surface area contributed by atoms with Crippen LogP contribution in [0.2, 0.25) is 0 Å². The van der Waals surface area contributed by atoms with Crippen LogP contribution < -0.4 is 9.64 Å². The average Bonchev–Trinajstić information content (AvgIpc) is 2.71. The Labute approximate surface area is 185 Å². The molecule has 1 saturated heterocycles. The zero-order chi connectivity index (χ0) is 20.9. The summed E-state index contributed by atoms with van der Waals surface area (Å²) < 4.78 is 43.4. The van der Waals surface area contributed by atoms with Gasteiger partial charge in [-0.3, -0.25) is 9.69 Å². The molecule has 1 heterocycles. The van der Waals surface area contributed by atoms with Crippen LogP contribution in [0.5, 0.6) is 5.75 Å². The number of carboxylic acid groups (broad SMARTS) is 1. The second kappa shape index (κ2) is 10.8. The Balaban J connectivity index is 0.00000320. The van der Waals surface area contributed by atoms with Crippen molar-refractivity contribution in [3.8, 4) is 5.75 Å². The summed E-state index contributed by atoms with van der Waals surface area (Å²) in [5.41, 5.74) is 1.05. The maximum atomic E-state index is 12.6. The van der Waals surface area contributed by atoms with Crippen LogP contribution >= 0.6 is 0 Å². The first-order valence-electron chi connectivity index (χ1n) is 9.39. The Bertz CT molecular complexity index is 806. The van der Waals surface area contributed by atoms with Gasteiger partial charge in [0.1, 0.15) is 12.4 Å². The molecule has 0 amide bonds. The van der Waals surface area contributed by atoms with E-state index in [-0.39, 0.29) is 31.9 Å². The number of nitrogens with zero attached hydrogens (tertiary/aromatic N) is 2. The molecule has 1 aliphatic heterocycles. The Morgan fingerprint density at radius 1 is 0.967 bits per heavy atom. The fraction of sp³-hybridized carbons (Fsp3) is 0.381. The van der Waals surface area contributed by atoms with Crippen LogP contribution in [0.15, 0.2) is 48.5 Å². The molecule has 1 N–H and O–H groups in total. The quantitative estimate of drug-likeness (QED) is 0.703. The summed E-state index contributed by atoms with van der Waals surface area (Å²) in [5, 5.41) is 8.77. The summed E-state index contributed by atoms with van der Waals surface area (Å²) in [6.45, 7) is 4.05. The van der Waals surface area contributed by atoms with Crippen LogP contribution in [0.25, 0.3) is 0 Å². The topological polar surface area (TPSA) is 53.0 Å². The van der Waals surface area contributed by atoms with Gasteiger partial charge in [-0.25, -0.2) is 0 Å². The number of ether oxygens (including phenoxy) is 1. The minimum absolute atomic E-state index is 0. The van der Waals surface area contributed by atoms with Gasteiger partial charge in [-0.15, -0.1) is 0 Å². The van der Waals surface area contributed by atoms with Crippen molar-refractivity contribution in [2.45, 2.75) is 19.2 Å². The molecule has 9 heteroatoms. The van der Waals surface area contributed by atoms with Gasteiger partial charge >= 0.3 is 31.0 Å². The summed E-state index contributed by atoms with van der Waals surface area (Å²) in [7, 11) is 0. The third-order valence-electron chi connectivity index (χ3n) is 4.90. The van der Waals surface area contributed by atoms with Gasteiger partial charge in [-0.2, -0.15) is 13.2 Å². The fourth-order valence-electron chi connectivity index (χ4n) is 3.19. The van der Waals surface area contributed by atoms with E-state index < -0.39 is 17.7 Å². The first kappa shape index (κ1) is 24.1. The van der Waals surface area contributed by atoms with Crippen LogP contribution in [0.4, 0.5) is 18.9 Å². The van der Waals surface area contributed by atoms with E-state index in [0.29, 0.717) is 17.9 Å². The Morgan fingerprint density at radius 3 is 2.10 bits per heavy atom. The monoisotopic (exact) mass is 416 g/mol. The number of anilines is 1. The molecule has 0 bridgehead atoms. The van der Waals surface area contributed by atoms with E-state index in [4.69, 9.17) is 9.84 Å². The SMILES string of the molecule is O=C(O)CCN1CCN(c2ccc(OCc3ccc(C(F)(F)F)cc3)cc2)CC1.[LiH]. The zero-order valence-corrected chi connectivity index (χ0v) is 15.9. The number of alkyl halides is 3. The number of piperazine rings is 1. The molecule has 2 aromatic carbocycles. The molecule has 0 aromatic heterocycles. The molecule has 0 saturated carbocycles. The molecule has 0 aliphatic carbocycles. The fourth-order valence-corrected chi connectivity index (χ4v) is 3.19. The second-order valence-electron chi connectivity index (χ2n) is 6.95. The summed E-state index contributed by atoms with van der Waals surface area (Å²) >= 11 is 0. The van der Waals surface area contributed by atoms with Crippen molar-refractivity contribution in [1.29, 1.82) is 0 Å². The van der Waals surface area contributed by atoms with E-state index in [9.17, 15) is 18.0 Å². The van der Waals surface area contributed by atoms with Gasteiger partial charge in [-0.05, 0) is 42.0 Å². The summed E-state index contributed by atoms with van der Waals surface area (Å²) in [6.07, 6.45) is -4.18. The normalized spacial score (nSPS) is 14.8. The number of hydrogen-bond acceptors (Lipinski definition) is 4. The van der Waals surface area contributed by atoms with Gasteiger partial charge in [0, 0.05) is 38.4 Å². The van der Waals surface area contributed by atoms with Crippen molar-refractivity contribution in [2.75, 3.05) is 37.6 Å². The first-order valence-corrected chi connectivity index (χ1v) is 9.39. The van der Waals surface area contributed by atoms with E-state index in [1.165, 1.54) is 12.1 Å². The predicted molar refractivity (Wildman–Crippen MR) is 110 cm³/mol. The standard InChI is InChI=1S/C21H23F3N2O3.Li.H/c22-21(23,24)17-3-1-16(2-4-17)15-29-19-7-5-18(6-8-19)26-13-11-25(12-14-26)10-9-20(27)28;;/h1-8H,9-15H2,(H,27,28);;. The van der Waals surface area contributed by atoms with Crippen LogP contribution in [0, 0.1) is 0 Å². The molecule has 1 aliphatic rings. The molecule has 0 spiro atoms. The van der Waals surface area contributed by atoms with E-state index in [1.807, 2.05) is 24.3 Å². The Kier molecular flexibility index (Phi) is 8.65. The number of carbonyl (C=O) groups is 1. The number of aliphatic carboxylic acids is 1. The molecule has 1 fully saturated rings. The number of benzene rings is 2. The first-order chi connectivity index (χ1) is 13.8. The Morgan fingerprint density at radius 2 is 1.57 bits per heavy atom. The molecular weight excluding hydrogens is 392 g/mol. The number of carboxylic acids is 1. The molecule has 2 aromatic rings. The zero-order valence-electron chi connectivity index (χ0n) is 15.9. The van der Waals surface area contributed by atoms with E-state index in [0.717, 1.165) is 44.0 Å². The van der Waals surface area contributed by atoms with Crippen molar-refractivity contribution >= 4 is 30.5 Å². The predicted octanol–water partition coefficient (Wildman–Crippen LogP) is 3.23. The van der Waals surface area contributed by atoms with Gasteiger partial charge in [0.05, 0.1) is 12.0 Å². The maximum absolute atomic E-state index is 12.6. The van der Waals surface area contributed by atoms with Crippen molar-refractivity contribution < 1.29 is 27.8 Å². The van der Waals surface area contributed by atoms with E-state index >= 15 is 0 Å². The molecule has 3 rings (SSSR count). The van der Waals surface area contributed by atoms with Gasteiger partial charge in [0.15, 0.2) is 0 Å². The van der Waals surface area contributed by atoms with Crippen molar-refractivity contribution in [1.82, 2.24) is 4.90 Å². The third-order valence-corrected chi connectivity index (χ3v) is 4.90. The van der Waals surface area contributed by atoms with Gasteiger partial charge in [-0.1, -0.05) is 12.1 Å². The van der Waals surface area contributed by atoms with Crippen molar-refractivity contribution in [3.05, 3.63) is 59.7 Å². The van der Waals surface area contributed by atoms with Crippen molar-refractivity contribution in [3.63, 3.8) is 0 Å². The number of halogens is 3. The van der Waals surface area contributed by atoms with E-state index in [2.05, 4.69) is 9.80 Å². The van der Waals surface area contributed by atoms with Gasteiger partial charge in [0.25, 0.3) is 0 Å². The minimum atomic E-state index is -4.34. The molecule has 0 radical (unpaired) electrons. The van der Waals surface area contributed by atoms with Crippen LogP contribution in [0.3, 0.4) is 0 Å². The third kappa shape index (κ3) is 6.98. The van der Waals surface area contributed by atoms with Crippen LogP contribution in [-0.2, 0) is 17.6 Å². The van der Waals surface area contributed by atoms with Crippen LogP contribution in [-0.4, -0.2) is 67.6 Å². The number of hydrogen-bond donors (Lipinski definition) is 1. The molecule has 158 valence electrons. The molecule has 0 atom stereocenters. The average molecular weight is 416 g/mol. The van der Waals surface area contributed by atoms with Gasteiger partial charge < -0.3 is 14.7 Å². The van der Waals surface area contributed by atoms with Gasteiger partial charge in [0.2, 0.25) is 0 Å². The van der Waals surface area contributed by atoms with Crippen LogP contribution in [0.1, 0.15) is 17.5 Å². The second-order valence-corrected chi connectivity index (χ2v) is 6.95. The van der Waals surface area contributed by atoms with E-state index in [1.54, 1.807) is 0 Å². The summed E-state index contributed by atoms with van der Waals surface area (Å²) in [4.78, 5) is 15.0. The molecular formula is C21H24F3LiN2O3. The molecule has 0 unspecified atom stereocenters.